The van der Waals surface area contributed by atoms with Crippen molar-refractivity contribution in [2.24, 2.45) is 5.11 Å². The molecular weight excluding hydrogens is 1000 g/mol. The minimum absolute atomic E-state index is 0.0229. The number of fused-ring (bicyclic) bond motifs is 1. The average Bonchev–Trinajstić information content (AvgIpc) is 3.79. The Morgan fingerprint density at radius 1 is 0.610 bits per heavy atom. The number of benzene rings is 4. The summed E-state index contributed by atoms with van der Waals surface area (Å²) in [5.74, 6) is -3.63. The number of carbonyl (C=O) groups excluding carboxylic acids is 3. The smallest absolute Gasteiger partial charge is 0.337 e. The minimum Gasteiger partial charge on any atom is -0.467 e. The summed E-state index contributed by atoms with van der Waals surface area (Å²) >= 11 is 0. The molecule has 0 spiro atoms. The lowest BCUT2D eigenvalue weighted by atomic mass is 9.94. The van der Waals surface area contributed by atoms with Gasteiger partial charge in [-0.3, -0.25) is 4.79 Å². The van der Waals surface area contributed by atoms with Gasteiger partial charge in [0.1, 0.15) is 54.9 Å². The van der Waals surface area contributed by atoms with Crippen LogP contribution in [0.1, 0.15) is 43.0 Å². The molecule has 0 aromatic heterocycles. The van der Waals surface area contributed by atoms with Crippen LogP contribution < -0.4 is 0 Å². The molecule has 4 aromatic rings. The second-order valence-corrected chi connectivity index (χ2v) is 18.9. The predicted molar refractivity (Wildman–Crippen MR) is 269 cm³/mol. The van der Waals surface area contributed by atoms with E-state index >= 15 is 0 Å². The van der Waals surface area contributed by atoms with Crippen LogP contribution in [0.3, 0.4) is 0 Å². The van der Waals surface area contributed by atoms with E-state index in [1.807, 2.05) is 121 Å². The molecule has 4 heterocycles. The van der Waals surface area contributed by atoms with Crippen molar-refractivity contribution in [2.45, 2.75) is 145 Å². The summed E-state index contributed by atoms with van der Waals surface area (Å²) in [6, 6.07) is 35.6. The zero-order valence-corrected chi connectivity index (χ0v) is 43.4. The highest BCUT2D eigenvalue weighted by Gasteiger charge is 2.61. The Bertz CT molecular complexity index is 2560. The van der Waals surface area contributed by atoms with Gasteiger partial charge in [-0.05, 0) is 41.6 Å². The van der Waals surface area contributed by atoms with Gasteiger partial charge in [-0.2, -0.15) is 0 Å². The number of hydrogen-bond acceptors (Lipinski definition) is 19. The van der Waals surface area contributed by atoms with Crippen LogP contribution >= 0.6 is 0 Å². The lowest BCUT2D eigenvalue weighted by Crippen LogP contribution is -2.68. The summed E-state index contributed by atoms with van der Waals surface area (Å²) in [6.45, 7) is 8.09. The van der Waals surface area contributed by atoms with E-state index in [1.54, 1.807) is 13.8 Å². The number of nitrogens with zero attached hydrogens (tertiary/aromatic N) is 3. The number of esters is 3. The Kier molecular flexibility index (Phi) is 20.3. The Morgan fingerprint density at radius 2 is 1.12 bits per heavy atom. The number of carbonyl (C=O) groups is 3. The zero-order chi connectivity index (χ0) is 54.3. The molecule has 21 heteroatoms. The average molecular weight is 1070 g/mol. The molecule has 0 N–H and O–H groups in total. The molecule has 21 nitrogen and oxygen atoms in total. The summed E-state index contributed by atoms with van der Waals surface area (Å²) in [4.78, 5) is 44.2. The predicted octanol–water partition coefficient (Wildman–Crippen LogP) is 6.58. The third-order valence-corrected chi connectivity index (χ3v) is 13.0. The van der Waals surface area contributed by atoms with E-state index in [0.717, 1.165) is 16.7 Å². The van der Waals surface area contributed by atoms with Crippen LogP contribution in [0, 0.1) is 0 Å². The van der Waals surface area contributed by atoms with Crippen LogP contribution in [-0.2, 0) is 112 Å². The molecule has 0 aliphatic carbocycles. The quantitative estimate of drug-likeness (QED) is 0.0180. The normalized spacial score (nSPS) is 30.5. The van der Waals surface area contributed by atoms with Gasteiger partial charge < -0.3 is 71.1 Å². The third kappa shape index (κ3) is 14.7. The lowest BCUT2D eigenvalue weighted by Gasteiger charge is -2.50. The number of hydrogen-bond donors (Lipinski definition) is 0. The third-order valence-electron chi connectivity index (χ3n) is 13.0. The van der Waals surface area contributed by atoms with Gasteiger partial charge in [-0.1, -0.05) is 133 Å². The first-order valence-electron chi connectivity index (χ1n) is 25.2. The molecule has 4 aromatic carbocycles. The molecule has 15 atom stereocenters. The molecule has 4 aliphatic rings. The van der Waals surface area contributed by atoms with Gasteiger partial charge in [0.15, 0.2) is 43.0 Å². The van der Waals surface area contributed by atoms with Crippen LogP contribution in [0.5, 0.6) is 0 Å². The second-order valence-electron chi connectivity index (χ2n) is 18.9. The number of ether oxygens (including phenoxy) is 15. The van der Waals surface area contributed by atoms with Crippen molar-refractivity contribution in [2.75, 3.05) is 27.4 Å². The maximum Gasteiger partial charge on any atom is 0.337 e. The first kappa shape index (κ1) is 57.0. The SMILES string of the molecule is C=CCO[C@H]1[C@H](OCc2ccccc2)[C@@H](OC(C)=O)[C@H](O[C@H]2[C@H](OCc3ccccc3)[C@@H](N=[N+]=[N-])[C@@H](O[C@H]3[C@H](OCc4ccccc4)[C@H]4OC(C)(C)O[C@H]4O[C@H]3C(=O)OC)O[C@@H]2COCc2ccccc2)O[C@H]1C(=O)OC. The van der Waals surface area contributed by atoms with Crippen molar-refractivity contribution in [1.29, 1.82) is 0 Å². The summed E-state index contributed by atoms with van der Waals surface area (Å²) in [5, 5.41) is 4.25. The van der Waals surface area contributed by atoms with Gasteiger partial charge in [-0.25, -0.2) is 9.59 Å². The van der Waals surface area contributed by atoms with Gasteiger partial charge in [-0.15, -0.1) is 6.58 Å². The van der Waals surface area contributed by atoms with Gasteiger partial charge >= 0.3 is 17.9 Å². The summed E-state index contributed by atoms with van der Waals surface area (Å²) < 4.78 is 95.3. The number of methoxy groups -OCH3 is 2. The summed E-state index contributed by atoms with van der Waals surface area (Å²) in [6.07, 6.45) is -17.3. The molecule has 4 fully saturated rings. The fourth-order valence-electron chi connectivity index (χ4n) is 9.56. The van der Waals surface area contributed by atoms with E-state index in [4.69, 9.17) is 71.1 Å². The number of rotatable bonds is 24. The molecule has 412 valence electrons. The monoisotopic (exact) mass is 1070 g/mol. The van der Waals surface area contributed by atoms with Crippen LogP contribution in [-0.4, -0.2) is 143 Å². The van der Waals surface area contributed by atoms with Crippen LogP contribution in [0.15, 0.2) is 139 Å². The van der Waals surface area contributed by atoms with E-state index in [-0.39, 0.29) is 39.6 Å². The molecule has 8 rings (SSSR count). The molecule has 0 radical (unpaired) electrons. The summed E-state index contributed by atoms with van der Waals surface area (Å²) in [7, 11) is 2.38. The van der Waals surface area contributed by atoms with Crippen molar-refractivity contribution in [1.82, 2.24) is 0 Å². The van der Waals surface area contributed by atoms with Crippen LogP contribution in [0.25, 0.3) is 10.4 Å². The Balaban J connectivity index is 1.22. The van der Waals surface area contributed by atoms with Crippen molar-refractivity contribution < 1.29 is 85.4 Å². The maximum absolute atomic E-state index is 13.9. The standard InChI is InChI=1S/C56H65N3O18/c1-7-28-66-43-44(68-31-37-24-16-10-17-25-37)49(70-34(2)60)54(74-47(43)51(61)63-5)72-41-39(33-65-29-35-20-12-8-13-21-35)71-53(40(58-59-57)42(41)67-30-36-22-14-9-15-23-36)73-46-45(69-32-38-26-18-11-19-27-38)50-55(77-56(3,4)76-50)75-48(46)52(62)64-6/h7-27,39-50,53-55H,1,28-33H2,2-6H3/t39-,40-,41-,42-,43+,44+,45+,46+,47-,48-,49-,50-,53-,54-,55-/m1/s1. The molecular formula is C56H65N3O18. The molecule has 0 bridgehead atoms. The van der Waals surface area contributed by atoms with Gasteiger partial charge in [0, 0.05) is 11.8 Å². The highest BCUT2D eigenvalue weighted by Crippen LogP contribution is 2.42. The van der Waals surface area contributed by atoms with E-state index in [9.17, 15) is 19.9 Å². The van der Waals surface area contributed by atoms with Crippen molar-refractivity contribution in [3.63, 3.8) is 0 Å². The lowest BCUT2D eigenvalue weighted by molar-refractivity contribution is -0.364. The van der Waals surface area contributed by atoms with Crippen molar-refractivity contribution in [3.8, 4) is 0 Å². The first-order valence-corrected chi connectivity index (χ1v) is 25.2. The van der Waals surface area contributed by atoms with Gasteiger partial charge in [0.25, 0.3) is 0 Å². The molecule has 4 aliphatic heterocycles. The van der Waals surface area contributed by atoms with Gasteiger partial charge in [0.2, 0.25) is 0 Å². The molecule has 77 heavy (non-hydrogen) atoms. The molecule has 0 saturated carbocycles. The number of azide groups is 1. The Morgan fingerprint density at radius 3 is 1.64 bits per heavy atom. The van der Waals surface area contributed by atoms with E-state index in [1.165, 1.54) is 27.2 Å². The fourth-order valence-corrected chi connectivity index (χ4v) is 9.56. The van der Waals surface area contributed by atoms with Crippen molar-refractivity contribution >= 4 is 17.9 Å². The Hall–Kier alpha value is -6.14. The molecule has 4 saturated heterocycles. The molecule has 0 amide bonds. The maximum atomic E-state index is 13.9. The first-order chi connectivity index (χ1) is 37.4. The minimum atomic E-state index is -1.67. The summed E-state index contributed by atoms with van der Waals surface area (Å²) in [5.41, 5.74) is 13.5. The highest BCUT2D eigenvalue weighted by atomic mass is 16.8. The van der Waals surface area contributed by atoms with E-state index in [0.29, 0.717) is 5.56 Å². The Labute approximate surface area is 446 Å². The largest absolute Gasteiger partial charge is 0.467 e. The topological polar surface area (TPSA) is 238 Å². The van der Waals surface area contributed by atoms with Crippen molar-refractivity contribution in [3.05, 3.63) is 167 Å². The van der Waals surface area contributed by atoms with Gasteiger partial charge in [0.05, 0.1) is 53.9 Å². The van der Waals surface area contributed by atoms with E-state index < -0.39 is 116 Å². The highest BCUT2D eigenvalue weighted by molar-refractivity contribution is 5.76. The van der Waals surface area contributed by atoms with Crippen LogP contribution in [0.2, 0.25) is 0 Å². The molecule has 0 unspecified atom stereocenters. The fraction of sp³-hybridized carbons (Fsp3) is 0.482. The second kappa shape index (κ2) is 27.4. The van der Waals surface area contributed by atoms with Crippen LogP contribution in [0.4, 0.5) is 0 Å². The zero-order valence-electron chi connectivity index (χ0n) is 43.4. The van der Waals surface area contributed by atoms with E-state index in [2.05, 4.69) is 16.6 Å².